The van der Waals surface area contributed by atoms with Gasteiger partial charge < -0.3 is 9.64 Å². The van der Waals surface area contributed by atoms with Crippen LogP contribution in [0.15, 0.2) is 36.4 Å². The van der Waals surface area contributed by atoms with Crippen molar-refractivity contribution in [1.82, 2.24) is 4.90 Å². The van der Waals surface area contributed by atoms with Crippen LogP contribution in [-0.2, 0) is 4.74 Å². The molecule has 2 atom stereocenters. The van der Waals surface area contributed by atoms with Gasteiger partial charge in [-0.15, -0.1) is 11.3 Å². The number of ether oxygens (including phenoxy) is 1. The molecule has 4 heteroatoms. The maximum absolute atomic E-state index is 12.8. The number of morpholine rings is 1. The Morgan fingerprint density at radius 1 is 1.18 bits per heavy atom. The van der Waals surface area contributed by atoms with Gasteiger partial charge in [0.15, 0.2) is 0 Å². The number of carbonyl (C=O) groups excluding carboxylic acids is 1. The topological polar surface area (TPSA) is 29.5 Å². The van der Waals surface area contributed by atoms with E-state index in [1.165, 1.54) is 10.4 Å². The van der Waals surface area contributed by atoms with Gasteiger partial charge in [-0.2, -0.15) is 0 Å². The van der Waals surface area contributed by atoms with Crippen molar-refractivity contribution in [1.29, 1.82) is 0 Å². The van der Waals surface area contributed by atoms with E-state index < -0.39 is 0 Å². The van der Waals surface area contributed by atoms with Crippen molar-refractivity contribution in [3.8, 4) is 10.4 Å². The van der Waals surface area contributed by atoms with E-state index >= 15 is 0 Å². The molecule has 1 aromatic carbocycles. The van der Waals surface area contributed by atoms with E-state index in [0.29, 0.717) is 13.1 Å². The maximum atomic E-state index is 12.8. The highest BCUT2D eigenvalue weighted by molar-refractivity contribution is 7.17. The van der Waals surface area contributed by atoms with Crippen molar-refractivity contribution < 1.29 is 9.53 Å². The van der Waals surface area contributed by atoms with Gasteiger partial charge in [-0.05, 0) is 38.0 Å². The lowest BCUT2D eigenvalue weighted by Gasteiger charge is -2.35. The van der Waals surface area contributed by atoms with Gasteiger partial charge in [0, 0.05) is 18.0 Å². The Labute approximate surface area is 135 Å². The molecule has 2 aromatic rings. The molecule has 2 heterocycles. The van der Waals surface area contributed by atoms with Gasteiger partial charge in [-0.3, -0.25) is 4.79 Å². The van der Waals surface area contributed by atoms with Crippen molar-refractivity contribution >= 4 is 17.2 Å². The number of benzene rings is 1. The molecule has 1 amide bonds. The third kappa shape index (κ3) is 3.08. The highest BCUT2D eigenvalue weighted by atomic mass is 32.1. The molecular formula is C18H21NO2S. The van der Waals surface area contributed by atoms with Gasteiger partial charge in [0.25, 0.3) is 5.91 Å². The fraction of sp³-hybridized carbons (Fsp3) is 0.389. The predicted molar refractivity (Wildman–Crippen MR) is 90.4 cm³/mol. The summed E-state index contributed by atoms with van der Waals surface area (Å²) in [5.74, 6) is 0.122. The van der Waals surface area contributed by atoms with E-state index in [0.717, 1.165) is 10.4 Å². The van der Waals surface area contributed by atoms with Crippen molar-refractivity contribution in [2.75, 3.05) is 13.1 Å². The Bertz CT molecular complexity index is 655. The minimum Gasteiger partial charge on any atom is -0.372 e. The molecule has 1 aromatic heterocycles. The Hall–Kier alpha value is -1.65. The van der Waals surface area contributed by atoms with Crippen LogP contribution < -0.4 is 0 Å². The number of hydrogen-bond donors (Lipinski definition) is 0. The quantitative estimate of drug-likeness (QED) is 0.839. The summed E-state index contributed by atoms with van der Waals surface area (Å²) in [6.45, 7) is 7.44. The van der Waals surface area contributed by atoms with E-state index in [2.05, 4.69) is 19.1 Å². The highest BCUT2D eigenvalue weighted by Gasteiger charge is 2.27. The molecule has 0 spiro atoms. The molecule has 1 aliphatic heterocycles. The Morgan fingerprint density at radius 2 is 1.82 bits per heavy atom. The zero-order chi connectivity index (χ0) is 15.7. The molecule has 1 saturated heterocycles. The predicted octanol–water partition coefficient (Wildman–Crippen LogP) is 3.97. The summed E-state index contributed by atoms with van der Waals surface area (Å²) in [6.07, 6.45) is 0.199. The van der Waals surface area contributed by atoms with Crippen LogP contribution in [0.4, 0.5) is 0 Å². The first-order valence-corrected chi connectivity index (χ1v) is 8.47. The summed E-state index contributed by atoms with van der Waals surface area (Å²) in [5, 5.41) is 0. The zero-order valence-electron chi connectivity index (χ0n) is 13.2. The van der Waals surface area contributed by atoms with Gasteiger partial charge in [-0.1, -0.05) is 30.3 Å². The second-order valence-electron chi connectivity index (χ2n) is 5.96. The molecule has 3 nitrogen and oxygen atoms in total. The number of amides is 1. The molecule has 0 bridgehead atoms. The van der Waals surface area contributed by atoms with Crippen LogP contribution in [0.5, 0.6) is 0 Å². The average molecular weight is 315 g/mol. The lowest BCUT2D eigenvalue weighted by Crippen LogP contribution is -2.48. The zero-order valence-corrected chi connectivity index (χ0v) is 14.0. The number of hydrogen-bond acceptors (Lipinski definition) is 3. The minimum absolute atomic E-state index is 0.0994. The standard InChI is InChI=1S/C18H21NO2S/c1-12-9-16(22-17(12)15-7-5-4-6-8-15)18(20)19-10-13(2)21-14(3)11-19/h4-9,13-14H,10-11H2,1-3H3/t13-,14-/m0/s1. The Morgan fingerprint density at radius 3 is 2.45 bits per heavy atom. The largest absolute Gasteiger partial charge is 0.372 e. The minimum atomic E-state index is 0.0994. The lowest BCUT2D eigenvalue weighted by molar-refractivity contribution is -0.0585. The summed E-state index contributed by atoms with van der Waals surface area (Å²) in [5.41, 5.74) is 2.33. The van der Waals surface area contributed by atoms with E-state index in [9.17, 15) is 4.79 Å². The molecule has 0 unspecified atom stereocenters. The van der Waals surface area contributed by atoms with Crippen molar-refractivity contribution in [2.45, 2.75) is 33.0 Å². The van der Waals surface area contributed by atoms with Crippen LogP contribution >= 0.6 is 11.3 Å². The van der Waals surface area contributed by atoms with Crippen LogP contribution in [-0.4, -0.2) is 36.1 Å². The second kappa shape index (κ2) is 6.23. The summed E-state index contributed by atoms with van der Waals surface area (Å²) in [7, 11) is 0. The average Bonchev–Trinajstić information content (AvgIpc) is 2.88. The third-order valence-electron chi connectivity index (χ3n) is 3.87. The summed E-state index contributed by atoms with van der Waals surface area (Å²) in [6, 6.07) is 12.3. The van der Waals surface area contributed by atoms with E-state index in [-0.39, 0.29) is 18.1 Å². The van der Waals surface area contributed by atoms with Gasteiger partial charge in [0.2, 0.25) is 0 Å². The van der Waals surface area contributed by atoms with Gasteiger partial charge >= 0.3 is 0 Å². The van der Waals surface area contributed by atoms with Gasteiger partial charge in [0.1, 0.15) is 0 Å². The smallest absolute Gasteiger partial charge is 0.264 e. The lowest BCUT2D eigenvalue weighted by atomic mass is 10.1. The van der Waals surface area contributed by atoms with Crippen molar-refractivity contribution in [3.63, 3.8) is 0 Å². The van der Waals surface area contributed by atoms with Crippen LogP contribution in [0.25, 0.3) is 10.4 Å². The number of carbonyl (C=O) groups is 1. The van der Waals surface area contributed by atoms with Crippen molar-refractivity contribution in [2.24, 2.45) is 0 Å². The molecule has 1 fully saturated rings. The van der Waals surface area contributed by atoms with Crippen molar-refractivity contribution in [3.05, 3.63) is 46.8 Å². The number of nitrogens with zero attached hydrogens (tertiary/aromatic N) is 1. The molecule has 0 radical (unpaired) electrons. The number of aryl methyl sites for hydroxylation is 1. The number of rotatable bonds is 2. The van der Waals surface area contributed by atoms with E-state index in [1.807, 2.05) is 43.0 Å². The van der Waals surface area contributed by atoms with E-state index in [1.54, 1.807) is 11.3 Å². The number of thiophene rings is 1. The maximum Gasteiger partial charge on any atom is 0.264 e. The second-order valence-corrected chi connectivity index (χ2v) is 7.01. The highest BCUT2D eigenvalue weighted by Crippen LogP contribution is 2.33. The fourth-order valence-corrected chi connectivity index (χ4v) is 4.11. The summed E-state index contributed by atoms with van der Waals surface area (Å²) < 4.78 is 5.71. The summed E-state index contributed by atoms with van der Waals surface area (Å²) >= 11 is 1.58. The van der Waals surface area contributed by atoms with E-state index in [4.69, 9.17) is 4.74 Å². The Balaban J connectivity index is 1.85. The first-order chi connectivity index (χ1) is 10.5. The fourth-order valence-electron chi connectivity index (χ4n) is 2.96. The molecule has 116 valence electrons. The van der Waals surface area contributed by atoms with Crippen LogP contribution in [0.1, 0.15) is 29.1 Å². The molecule has 1 aliphatic rings. The van der Waals surface area contributed by atoms with Gasteiger partial charge in [-0.25, -0.2) is 0 Å². The van der Waals surface area contributed by atoms with Crippen LogP contribution in [0.3, 0.4) is 0 Å². The molecule has 0 saturated carbocycles. The van der Waals surface area contributed by atoms with Gasteiger partial charge in [0.05, 0.1) is 17.1 Å². The molecular weight excluding hydrogens is 294 g/mol. The first-order valence-electron chi connectivity index (χ1n) is 7.65. The van der Waals surface area contributed by atoms with Crippen LogP contribution in [0.2, 0.25) is 0 Å². The summed E-state index contributed by atoms with van der Waals surface area (Å²) in [4.78, 5) is 16.7. The molecule has 22 heavy (non-hydrogen) atoms. The van der Waals surface area contributed by atoms with Crippen LogP contribution in [0, 0.1) is 6.92 Å². The SMILES string of the molecule is Cc1cc(C(=O)N2C[C@H](C)O[C@@H](C)C2)sc1-c1ccccc1. The normalized spacial score (nSPS) is 21.9. The monoisotopic (exact) mass is 315 g/mol. The molecule has 0 aliphatic carbocycles. The molecule has 0 N–H and O–H groups in total. The third-order valence-corrected chi connectivity index (χ3v) is 5.15. The first kappa shape index (κ1) is 15.3. The molecule has 3 rings (SSSR count). The Kier molecular flexibility index (Phi) is 4.32.